The van der Waals surface area contributed by atoms with Crippen molar-refractivity contribution in [3.63, 3.8) is 0 Å². The van der Waals surface area contributed by atoms with Crippen LogP contribution in [0.25, 0.3) is 21.9 Å². The van der Waals surface area contributed by atoms with E-state index in [-0.39, 0.29) is 53.1 Å². The summed E-state index contributed by atoms with van der Waals surface area (Å²) in [7, 11) is 0. The quantitative estimate of drug-likeness (QED) is 0.269. The Balaban J connectivity index is 1.49. The molecule has 2 aromatic carbocycles. The highest BCUT2D eigenvalue weighted by atomic mass is 16.5. The zero-order valence-corrected chi connectivity index (χ0v) is 19.1. The van der Waals surface area contributed by atoms with Crippen LogP contribution in [-0.2, 0) is 6.42 Å². The molecule has 0 saturated heterocycles. The van der Waals surface area contributed by atoms with Gasteiger partial charge >= 0.3 is 11.9 Å². The topological polar surface area (TPSA) is 174 Å². The zero-order chi connectivity index (χ0) is 26.7. The Morgan fingerprint density at radius 3 is 2.22 bits per heavy atom. The monoisotopic (exact) mass is 508 g/mol. The molecular weight excluding hydrogens is 488 g/mol. The molecule has 0 amide bonds. The van der Waals surface area contributed by atoms with Gasteiger partial charge in [-0.3, -0.25) is 9.59 Å². The van der Waals surface area contributed by atoms with Crippen LogP contribution < -0.4 is 20.3 Å². The fourth-order valence-electron chi connectivity index (χ4n) is 3.59. The maximum absolute atomic E-state index is 12.3. The number of benzene rings is 2. The Morgan fingerprint density at radius 1 is 0.892 bits per heavy atom. The van der Waals surface area contributed by atoms with Crippen molar-refractivity contribution in [3.8, 4) is 11.5 Å². The molecule has 3 N–H and O–H groups in total. The van der Waals surface area contributed by atoms with Crippen molar-refractivity contribution in [2.75, 3.05) is 13.2 Å². The van der Waals surface area contributed by atoms with Crippen LogP contribution in [0.1, 0.15) is 26.7 Å². The molecule has 0 saturated carbocycles. The van der Waals surface area contributed by atoms with Crippen molar-refractivity contribution in [1.29, 1.82) is 0 Å². The molecule has 4 aromatic rings. The van der Waals surface area contributed by atoms with E-state index in [4.69, 9.17) is 23.4 Å². The molecule has 0 radical (unpaired) electrons. The molecule has 11 heteroatoms. The Hall–Kier alpha value is -4.90. The molecule has 0 aliphatic rings. The highest BCUT2D eigenvalue weighted by Gasteiger charge is 2.18. The summed E-state index contributed by atoms with van der Waals surface area (Å²) in [6, 6.07) is 8.92. The van der Waals surface area contributed by atoms with Gasteiger partial charge in [0.2, 0.25) is 11.5 Å². The van der Waals surface area contributed by atoms with E-state index in [9.17, 15) is 29.4 Å². The van der Waals surface area contributed by atoms with Gasteiger partial charge in [0.1, 0.15) is 42.0 Å². The van der Waals surface area contributed by atoms with Crippen LogP contribution in [-0.4, -0.2) is 46.6 Å². The van der Waals surface area contributed by atoms with Gasteiger partial charge in [-0.1, -0.05) is 6.08 Å². The van der Waals surface area contributed by atoms with Gasteiger partial charge in [-0.05, 0) is 36.8 Å². The summed E-state index contributed by atoms with van der Waals surface area (Å²) < 4.78 is 21.8. The van der Waals surface area contributed by atoms with Crippen LogP contribution in [0.3, 0.4) is 0 Å². The van der Waals surface area contributed by atoms with Crippen LogP contribution in [0, 0.1) is 0 Å². The summed E-state index contributed by atoms with van der Waals surface area (Å²) in [5.41, 5.74) is -0.564. The van der Waals surface area contributed by atoms with E-state index in [0.717, 1.165) is 12.1 Å². The van der Waals surface area contributed by atoms with Gasteiger partial charge in [0.15, 0.2) is 10.9 Å². The molecule has 0 fully saturated rings. The number of carboxylic acid groups (broad SMARTS) is 2. The molecule has 11 nitrogen and oxygen atoms in total. The normalized spacial score (nSPS) is 11.8. The van der Waals surface area contributed by atoms with Crippen LogP contribution >= 0.6 is 0 Å². The zero-order valence-electron chi connectivity index (χ0n) is 19.1. The van der Waals surface area contributed by atoms with Gasteiger partial charge in [0.05, 0.1) is 10.8 Å². The predicted molar refractivity (Wildman–Crippen MR) is 130 cm³/mol. The average Bonchev–Trinajstić information content (AvgIpc) is 2.87. The summed E-state index contributed by atoms with van der Waals surface area (Å²) >= 11 is 0. The van der Waals surface area contributed by atoms with E-state index < -0.39 is 40.4 Å². The molecule has 1 atom stereocenters. The molecule has 2 heterocycles. The van der Waals surface area contributed by atoms with Gasteiger partial charge in [0, 0.05) is 17.7 Å². The fourth-order valence-corrected chi connectivity index (χ4v) is 3.59. The predicted octanol–water partition coefficient (Wildman–Crippen LogP) is 2.84. The molecule has 190 valence electrons. The molecular formula is C26H20O11. The molecule has 2 aromatic heterocycles. The number of aliphatic hydroxyl groups is 1. The molecule has 0 aliphatic heterocycles. The van der Waals surface area contributed by atoms with E-state index in [1.807, 2.05) is 0 Å². The number of carbonyl (C=O) groups is 2. The van der Waals surface area contributed by atoms with Crippen LogP contribution in [0.15, 0.2) is 73.5 Å². The first-order chi connectivity index (χ1) is 17.7. The van der Waals surface area contributed by atoms with Crippen molar-refractivity contribution in [2.45, 2.75) is 12.5 Å². The lowest BCUT2D eigenvalue weighted by Crippen LogP contribution is -2.25. The first-order valence-corrected chi connectivity index (χ1v) is 10.9. The van der Waals surface area contributed by atoms with Crippen molar-refractivity contribution in [1.82, 2.24) is 0 Å². The van der Waals surface area contributed by atoms with Gasteiger partial charge in [0.25, 0.3) is 0 Å². The second kappa shape index (κ2) is 10.4. The largest absolute Gasteiger partial charge is 0.491 e. The lowest BCUT2D eigenvalue weighted by atomic mass is 10.1. The van der Waals surface area contributed by atoms with E-state index in [0.29, 0.717) is 5.56 Å². The number of aliphatic hydroxyl groups excluding tert-OH is 1. The standard InChI is InChI=1S/C26H20O11/c1-2-3-16-20(7-5-15-18(28)9-23(26(32)33)37-24(15)16)35-12-13(27)11-34-14-4-6-21-17(8-14)19(29)10-22(36-21)25(30)31/h2,4-10,13,27H,1,3,11-12H2,(H,30,31)(H,32,33). The second-order valence-corrected chi connectivity index (χ2v) is 7.91. The van der Waals surface area contributed by atoms with E-state index in [1.165, 1.54) is 36.4 Å². The van der Waals surface area contributed by atoms with Crippen molar-refractivity contribution in [3.05, 3.63) is 92.7 Å². The Labute approximate surface area is 207 Å². The van der Waals surface area contributed by atoms with Gasteiger partial charge < -0.3 is 33.6 Å². The number of ether oxygens (including phenoxy) is 2. The molecule has 0 spiro atoms. The van der Waals surface area contributed by atoms with Gasteiger partial charge in [-0.15, -0.1) is 6.58 Å². The third kappa shape index (κ3) is 5.36. The first-order valence-electron chi connectivity index (χ1n) is 10.9. The number of fused-ring (bicyclic) bond motifs is 2. The maximum atomic E-state index is 12.3. The molecule has 0 aliphatic carbocycles. The van der Waals surface area contributed by atoms with Crippen LogP contribution in [0.2, 0.25) is 0 Å². The molecule has 0 bridgehead atoms. The Morgan fingerprint density at radius 2 is 1.54 bits per heavy atom. The van der Waals surface area contributed by atoms with E-state index in [2.05, 4.69) is 6.58 Å². The number of aromatic carboxylic acids is 2. The van der Waals surface area contributed by atoms with E-state index in [1.54, 1.807) is 0 Å². The molecule has 4 rings (SSSR count). The minimum atomic E-state index is -1.39. The number of allylic oxidation sites excluding steroid dienone is 1. The van der Waals surface area contributed by atoms with Crippen LogP contribution in [0.5, 0.6) is 11.5 Å². The second-order valence-electron chi connectivity index (χ2n) is 7.91. The van der Waals surface area contributed by atoms with Gasteiger partial charge in [-0.25, -0.2) is 9.59 Å². The van der Waals surface area contributed by atoms with Crippen molar-refractivity contribution in [2.24, 2.45) is 0 Å². The fraction of sp³-hybridized carbons (Fsp3) is 0.154. The summed E-state index contributed by atoms with van der Waals surface area (Å²) in [5.74, 6) is -3.26. The summed E-state index contributed by atoms with van der Waals surface area (Å²) in [6.45, 7) is 3.22. The van der Waals surface area contributed by atoms with E-state index >= 15 is 0 Å². The lowest BCUT2D eigenvalue weighted by molar-refractivity contribution is 0.0623. The summed E-state index contributed by atoms with van der Waals surface area (Å²) in [5, 5.41) is 28.9. The first kappa shape index (κ1) is 25.2. The number of carboxylic acids is 2. The SMILES string of the molecule is C=CCc1c(OCC(O)COc2ccc3oc(C(=O)O)cc(=O)c3c2)ccc2c(=O)cc(C(=O)O)oc12. The lowest BCUT2D eigenvalue weighted by Gasteiger charge is -2.16. The summed E-state index contributed by atoms with van der Waals surface area (Å²) in [4.78, 5) is 46.9. The third-order valence-electron chi connectivity index (χ3n) is 5.30. The number of hydrogen-bond donors (Lipinski definition) is 3. The highest BCUT2D eigenvalue weighted by Crippen LogP contribution is 2.28. The average molecular weight is 508 g/mol. The third-order valence-corrected chi connectivity index (χ3v) is 5.30. The molecule has 37 heavy (non-hydrogen) atoms. The number of rotatable bonds is 10. The van der Waals surface area contributed by atoms with Crippen molar-refractivity contribution < 1.29 is 43.2 Å². The Kier molecular flexibility index (Phi) is 7.07. The van der Waals surface area contributed by atoms with Crippen molar-refractivity contribution >= 4 is 33.9 Å². The minimum absolute atomic E-state index is 0.0501. The minimum Gasteiger partial charge on any atom is -0.491 e. The summed E-state index contributed by atoms with van der Waals surface area (Å²) in [6.07, 6.45) is 0.616. The van der Waals surface area contributed by atoms with Gasteiger partial charge in [-0.2, -0.15) is 0 Å². The maximum Gasteiger partial charge on any atom is 0.371 e. The smallest absolute Gasteiger partial charge is 0.371 e. The molecule has 1 unspecified atom stereocenters. The Bertz CT molecular complexity index is 1640. The number of hydrogen-bond acceptors (Lipinski definition) is 9. The highest BCUT2D eigenvalue weighted by molar-refractivity contribution is 5.89. The van der Waals surface area contributed by atoms with Crippen LogP contribution in [0.4, 0.5) is 0 Å².